The molecule has 4 aliphatic rings. The lowest BCUT2D eigenvalue weighted by Gasteiger charge is -2.54. The third-order valence-corrected chi connectivity index (χ3v) is 8.45. The lowest BCUT2D eigenvalue weighted by Crippen LogP contribution is -2.60. The lowest BCUT2D eigenvalue weighted by molar-refractivity contribution is -0.136. The summed E-state index contributed by atoms with van der Waals surface area (Å²) in [6.45, 7) is 5.13. The number of carbonyl (C=O) groups is 2. The largest absolute Gasteiger partial charge is 0.337 e. The van der Waals surface area contributed by atoms with Crippen molar-refractivity contribution in [3.8, 4) is 0 Å². The van der Waals surface area contributed by atoms with Crippen molar-refractivity contribution in [3.05, 3.63) is 47.7 Å². The predicted octanol–water partition coefficient (Wildman–Crippen LogP) is 4.27. The average molecular weight is 432 g/mol. The van der Waals surface area contributed by atoms with Crippen molar-refractivity contribution in [1.82, 2.24) is 14.4 Å². The second-order valence-corrected chi connectivity index (χ2v) is 10.3. The Labute approximate surface area is 190 Å². The molecule has 3 fully saturated rings. The number of aromatic nitrogens is 1. The van der Waals surface area contributed by atoms with Crippen molar-refractivity contribution in [2.24, 2.45) is 11.8 Å². The summed E-state index contributed by atoms with van der Waals surface area (Å²) in [5.41, 5.74) is 3.20. The van der Waals surface area contributed by atoms with Crippen molar-refractivity contribution in [2.75, 3.05) is 19.6 Å². The van der Waals surface area contributed by atoms with Crippen LogP contribution in [0.4, 0.5) is 0 Å². The van der Waals surface area contributed by atoms with Crippen LogP contribution in [0, 0.1) is 11.8 Å². The zero-order valence-electron chi connectivity index (χ0n) is 19.0. The molecule has 1 aromatic carbocycles. The van der Waals surface area contributed by atoms with E-state index < -0.39 is 0 Å². The van der Waals surface area contributed by atoms with Crippen molar-refractivity contribution in [3.63, 3.8) is 0 Å². The number of hydrogen-bond donors (Lipinski definition) is 0. The van der Waals surface area contributed by atoms with Crippen LogP contribution in [-0.4, -0.2) is 57.8 Å². The summed E-state index contributed by atoms with van der Waals surface area (Å²) in [4.78, 5) is 30.7. The van der Waals surface area contributed by atoms with Gasteiger partial charge in [0.15, 0.2) is 5.78 Å². The van der Waals surface area contributed by atoms with Gasteiger partial charge in [-0.1, -0.05) is 36.3 Å². The van der Waals surface area contributed by atoms with Gasteiger partial charge < -0.3 is 9.47 Å². The molecule has 0 saturated carbocycles. The number of para-hydroxylation sites is 1. The predicted molar refractivity (Wildman–Crippen MR) is 126 cm³/mol. The highest BCUT2D eigenvalue weighted by Crippen LogP contribution is 2.45. The molecular formula is C27H33N3O2. The summed E-state index contributed by atoms with van der Waals surface area (Å²) in [7, 11) is 0. The number of piperidine rings is 3. The quantitative estimate of drug-likeness (QED) is 0.539. The Morgan fingerprint density at radius 1 is 1.09 bits per heavy atom. The van der Waals surface area contributed by atoms with Crippen LogP contribution in [0.2, 0.25) is 0 Å². The maximum absolute atomic E-state index is 13.7. The van der Waals surface area contributed by atoms with Crippen molar-refractivity contribution in [1.29, 1.82) is 0 Å². The van der Waals surface area contributed by atoms with E-state index in [0.717, 1.165) is 42.9 Å². The van der Waals surface area contributed by atoms with Gasteiger partial charge in [-0.2, -0.15) is 0 Å². The van der Waals surface area contributed by atoms with E-state index >= 15 is 0 Å². The van der Waals surface area contributed by atoms with Crippen LogP contribution in [0.5, 0.6) is 0 Å². The van der Waals surface area contributed by atoms with Crippen LogP contribution in [-0.2, 0) is 11.3 Å². The first-order valence-corrected chi connectivity index (χ1v) is 12.4. The average Bonchev–Trinajstić information content (AvgIpc) is 3.17. The van der Waals surface area contributed by atoms with Crippen LogP contribution < -0.4 is 0 Å². The molecule has 1 aromatic heterocycles. The molecule has 0 radical (unpaired) electrons. The van der Waals surface area contributed by atoms with Crippen molar-refractivity contribution < 1.29 is 9.59 Å². The summed E-state index contributed by atoms with van der Waals surface area (Å²) in [5.74, 6) is 1.48. The van der Waals surface area contributed by atoms with E-state index in [-0.39, 0.29) is 17.7 Å². The molecule has 32 heavy (non-hydrogen) atoms. The third kappa shape index (κ3) is 3.24. The highest BCUT2D eigenvalue weighted by atomic mass is 16.2. The summed E-state index contributed by atoms with van der Waals surface area (Å²) in [5, 5.41) is 0.941. The molecule has 5 heteroatoms. The van der Waals surface area contributed by atoms with Crippen LogP contribution in [0.15, 0.2) is 42.1 Å². The molecule has 4 atom stereocenters. The topological polar surface area (TPSA) is 45.6 Å². The molecule has 4 heterocycles. The van der Waals surface area contributed by atoms with Crippen molar-refractivity contribution >= 4 is 22.6 Å². The van der Waals surface area contributed by atoms with E-state index in [4.69, 9.17) is 0 Å². The summed E-state index contributed by atoms with van der Waals surface area (Å²) in [6.07, 6.45) is 11.9. The Balaban J connectivity index is 1.29. The van der Waals surface area contributed by atoms with Gasteiger partial charge in [-0.25, -0.2) is 0 Å². The zero-order valence-corrected chi connectivity index (χ0v) is 19.0. The minimum atomic E-state index is 0.0483. The maximum Gasteiger partial charge on any atom is 0.243 e. The van der Waals surface area contributed by atoms with E-state index in [1.165, 1.54) is 37.8 Å². The highest BCUT2D eigenvalue weighted by Gasteiger charge is 2.46. The standard InChI is InChI=1S/C27H33N3O2/c1-18(31)23-16-29(25-10-3-2-8-22(23)25)17-26(32)30-12-6-7-19-13-20-14-21(27(19)30)15-28-11-5-4-9-24(20)28/h2-3,8,10,13,16,20-21,24,27H,4-7,9,11-12,14-15,17H2,1H3/t20?,21?,24-,27-/m1/s1. The monoisotopic (exact) mass is 431 g/mol. The zero-order chi connectivity index (χ0) is 21.8. The van der Waals surface area contributed by atoms with E-state index in [1.807, 2.05) is 35.0 Å². The van der Waals surface area contributed by atoms with E-state index in [2.05, 4.69) is 15.9 Å². The number of rotatable bonds is 3. The number of carbonyl (C=O) groups excluding carboxylic acids is 2. The van der Waals surface area contributed by atoms with Gasteiger partial charge >= 0.3 is 0 Å². The molecule has 2 unspecified atom stereocenters. The van der Waals surface area contributed by atoms with Gasteiger partial charge in [-0.05, 0) is 63.5 Å². The Bertz CT molecular complexity index is 1100. The van der Waals surface area contributed by atoms with Gasteiger partial charge in [0.1, 0.15) is 6.54 Å². The fourth-order valence-electron chi connectivity index (χ4n) is 7.15. The van der Waals surface area contributed by atoms with Gasteiger partial charge in [-0.15, -0.1) is 0 Å². The van der Waals surface area contributed by atoms with Gasteiger partial charge in [-0.3, -0.25) is 14.5 Å². The molecule has 6 rings (SSSR count). The molecule has 168 valence electrons. The first-order valence-electron chi connectivity index (χ1n) is 12.4. The minimum Gasteiger partial charge on any atom is -0.337 e. The van der Waals surface area contributed by atoms with Crippen LogP contribution in [0.1, 0.15) is 55.8 Å². The van der Waals surface area contributed by atoms with Crippen LogP contribution in [0.25, 0.3) is 10.9 Å². The summed E-state index contributed by atoms with van der Waals surface area (Å²) < 4.78 is 1.99. The first kappa shape index (κ1) is 20.2. The number of amides is 1. The first-order chi connectivity index (χ1) is 15.6. The van der Waals surface area contributed by atoms with Crippen LogP contribution >= 0.6 is 0 Å². The van der Waals surface area contributed by atoms with Crippen LogP contribution in [0.3, 0.4) is 0 Å². The Morgan fingerprint density at radius 3 is 2.84 bits per heavy atom. The number of hydrogen-bond acceptors (Lipinski definition) is 3. The second kappa shape index (κ2) is 7.87. The molecule has 2 aromatic rings. The summed E-state index contributed by atoms with van der Waals surface area (Å²) >= 11 is 0. The number of nitrogens with zero attached hydrogens (tertiary/aromatic N) is 3. The van der Waals surface area contributed by atoms with E-state index in [9.17, 15) is 9.59 Å². The Kier molecular flexibility index (Phi) is 4.98. The molecule has 3 saturated heterocycles. The SMILES string of the molecule is CC(=O)c1cn(CC(=O)N2CCCC3=CC4CC(CN5CCCC[C@H]45)[C@@H]32)c2ccccc12. The Hall–Kier alpha value is -2.40. The molecular weight excluding hydrogens is 398 g/mol. The Morgan fingerprint density at radius 2 is 1.97 bits per heavy atom. The van der Waals surface area contributed by atoms with Gasteiger partial charge in [0, 0.05) is 41.8 Å². The molecule has 5 nitrogen and oxygen atoms in total. The van der Waals surface area contributed by atoms with E-state index in [1.54, 1.807) is 6.92 Å². The number of Topliss-reactive ketones (excluding diaryl/α,β-unsaturated/α-hetero) is 1. The number of benzene rings is 1. The second-order valence-electron chi connectivity index (χ2n) is 10.3. The van der Waals surface area contributed by atoms with Crippen molar-refractivity contribution in [2.45, 2.75) is 64.1 Å². The van der Waals surface area contributed by atoms with Gasteiger partial charge in [0.05, 0.1) is 6.04 Å². The highest BCUT2D eigenvalue weighted by molar-refractivity contribution is 6.07. The third-order valence-electron chi connectivity index (χ3n) is 8.45. The maximum atomic E-state index is 13.7. The molecule has 2 bridgehead atoms. The smallest absolute Gasteiger partial charge is 0.243 e. The fraction of sp³-hybridized carbons (Fsp3) is 0.556. The molecule has 1 aliphatic carbocycles. The number of fused-ring (bicyclic) bond motifs is 7. The lowest BCUT2D eigenvalue weighted by atomic mass is 9.68. The van der Waals surface area contributed by atoms with Gasteiger partial charge in [0.25, 0.3) is 0 Å². The molecule has 0 N–H and O–H groups in total. The molecule has 3 aliphatic heterocycles. The van der Waals surface area contributed by atoms with E-state index in [0.29, 0.717) is 23.9 Å². The normalized spacial score (nSPS) is 29.9. The minimum absolute atomic E-state index is 0.0483. The molecule has 0 spiro atoms. The summed E-state index contributed by atoms with van der Waals surface area (Å²) in [6, 6.07) is 8.93. The number of ketones is 1. The number of likely N-dealkylation sites (tertiary alicyclic amines) is 1. The van der Waals surface area contributed by atoms with Gasteiger partial charge in [0.2, 0.25) is 5.91 Å². The fourth-order valence-corrected chi connectivity index (χ4v) is 7.15. The molecule has 1 amide bonds.